The number of amides is 2. The molecule has 0 atom stereocenters. The Kier molecular flexibility index (Phi) is 6.82. The molecular formula is C18H19BrN2O4. The summed E-state index contributed by atoms with van der Waals surface area (Å²) < 4.78 is 11.1. The van der Waals surface area contributed by atoms with Gasteiger partial charge in [-0.05, 0) is 52.2 Å². The number of anilines is 1. The topological polar surface area (TPSA) is 76.7 Å². The molecule has 0 heterocycles. The molecule has 2 rings (SSSR count). The lowest BCUT2D eigenvalue weighted by Gasteiger charge is -2.10. The number of ether oxygens (including phenoxy) is 2. The zero-order chi connectivity index (χ0) is 18.2. The normalized spacial score (nSPS) is 10.0. The fourth-order valence-electron chi connectivity index (χ4n) is 2.18. The molecule has 2 aromatic rings. The van der Waals surface area contributed by atoms with E-state index in [1.165, 1.54) is 0 Å². The van der Waals surface area contributed by atoms with Crippen molar-refractivity contribution in [1.29, 1.82) is 0 Å². The Balaban J connectivity index is 1.86. The number of carbonyl (C=O) groups is 2. The second-order valence-electron chi connectivity index (χ2n) is 5.13. The van der Waals surface area contributed by atoms with Crippen molar-refractivity contribution in [3.05, 3.63) is 52.5 Å². The molecule has 2 N–H and O–H groups in total. The number of hydrogen-bond donors (Lipinski definition) is 2. The Bertz CT molecular complexity index is 764. The van der Waals surface area contributed by atoms with Crippen molar-refractivity contribution in [3.63, 3.8) is 0 Å². The predicted octanol–water partition coefficient (Wildman–Crippen LogP) is 2.76. The van der Waals surface area contributed by atoms with Crippen LogP contribution in [0, 0.1) is 0 Å². The Hall–Kier alpha value is -2.54. The number of carbonyl (C=O) groups excluding carboxylic acids is 2. The number of halogens is 1. The molecule has 6 nitrogen and oxygen atoms in total. The van der Waals surface area contributed by atoms with Crippen LogP contribution in [-0.4, -0.2) is 32.6 Å². The van der Waals surface area contributed by atoms with Crippen molar-refractivity contribution in [3.8, 4) is 11.5 Å². The first-order valence-electron chi connectivity index (χ1n) is 7.59. The summed E-state index contributed by atoms with van der Waals surface area (Å²) in [4.78, 5) is 23.8. The van der Waals surface area contributed by atoms with Gasteiger partial charge in [0.05, 0.1) is 19.9 Å². The number of para-hydroxylation sites is 1. The highest BCUT2D eigenvalue weighted by atomic mass is 79.9. The maximum atomic E-state index is 11.9. The molecule has 7 heteroatoms. The zero-order valence-electron chi connectivity index (χ0n) is 14.0. The Morgan fingerprint density at radius 2 is 1.72 bits per heavy atom. The molecule has 132 valence electrons. The van der Waals surface area contributed by atoms with Crippen LogP contribution in [0.3, 0.4) is 0 Å². The van der Waals surface area contributed by atoms with Gasteiger partial charge in [0.25, 0.3) is 0 Å². The van der Waals surface area contributed by atoms with Crippen LogP contribution in [-0.2, 0) is 16.0 Å². The molecule has 2 aromatic carbocycles. The van der Waals surface area contributed by atoms with E-state index in [1.54, 1.807) is 38.5 Å². The van der Waals surface area contributed by atoms with Gasteiger partial charge < -0.3 is 20.1 Å². The van der Waals surface area contributed by atoms with Crippen LogP contribution in [0.5, 0.6) is 11.5 Å². The fraction of sp³-hybridized carbons (Fsp3) is 0.222. The summed E-state index contributed by atoms with van der Waals surface area (Å²) >= 11 is 3.31. The monoisotopic (exact) mass is 406 g/mol. The number of rotatable bonds is 6. The van der Waals surface area contributed by atoms with Crippen molar-refractivity contribution in [1.82, 2.24) is 5.32 Å². The van der Waals surface area contributed by atoms with Gasteiger partial charge in [0.2, 0.25) is 0 Å². The molecule has 0 bridgehead atoms. The molecule has 0 unspecified atom stereocenters. The lowest BCUT2D eigenvalue weighted by Crippen LogP contribution is -2.36. The third-order valence-electron chi connectivity index (χ3n) is 3.48. The number of benzene rings is 2. The summed E-state index contributed by atoms with van der Waals surface area (Å²) in [6, 6.07) is 12.6. The van der Waals surface area contributed by atoms with Crippen molar-refractivity contribution in [2.75, 3.05) is 26.1 Å². The molecule has 0 fully saturated rings. The largest absolute Gasteiger partial charge is 0.493 e. The molecule has 0 aliphatic rings. The van der Waals surface area contributed by atoms with Gasteiger partial charge in [-0.2, -0.15) is 0 Å². The Morgan fingerprint density at radius 1 is 1.00 bits per heavy atom. The highest BCUT2D eigenvalue weighted by Gasteiger charge is 2.14. The van der Waals surface area contributed by atoms with E-state index in [0.29, 0.717) is 34.6 Å². The van der Waals surface area contributed by atoms with Crippen molar-refractivity contribution in [2.45, 2.75) is 6.42 Å². The molecular weight excluding hydrogens is 388 g/mol. The minimum absolute atomic E-state index is 0.331. The lowest BCUT2D eigenvalue weighted by atomic mass is 10.1. The molecule has 0 aliphatic heterocycles. The van der Waals surface area contributed by atoms with Gasteiger partial charge in [-0.3, -0.25) is 9.59 Å². The number of hydrogen-bond acceptors (Lipinski definition) is 4. The quantitative estimate of drug-likeness (QED) is 0.723. The first-order chi connectivity index (χ1) is 12.0. The van der Waals surface area contributed by atoms with Crippen LogP contribution in [0.15, 0.2) is 46.9 Å². The van der Waals surface area contributed by atoms with E-state index in [0.717, 1.165) is 5.56 Å². The van der Waals surface area contributed by atoms with E-state index in [1.807, 2.05) is 18.2 Å². The van der Waals surface area contributed by atoms with Crippen LogP contribution >= 0.6 is 15.9 Å². The van der Waals surface area contributed by atoms with Gasteiger partial charge in [0, 0.05) is 11.0 Å². The molecule has 0 saturated heterocycles. The van der Waals surface area contributed by atoms with E-state index in [4.69, 9.17) is 9.47 Å². The minimum atomic E-state index is -0.709. The summed E-state index contributed by atoms with van der Waals surface area (Å²) in [6.07, 6.45) is 0.564. The molecule has 0 saturated carbocycles. The molecule has 25 heavy (non-hydrogen) atoms. The van der Waals surface area contributed by atoms with Gasteiger partial charge >= 0.3 is 11.8 Å². The summed E-state index contributed by atoms with van der Waals surface area (Å²) in [6.45, 7) is 0.331. The van der Waals surface area contributed by atoms with E-state index in [9.17, 15) is 9.59 Å². The van der Waals surface area contributed by atoms with Gasteiger partial charge in [-0.1, -0.05) is 18.2 Å². The SMILES string of the molecule is COc1ccc(CCNC(=O)C(=O)Nc2ccccc2Br)cc1OC. The van der Waals surface area contributed by atoms with E-state index >= 15 is 0 Å². The van der Waals surface area contributed by atoms with Crippen molar-refractivity contribution < 1.29 is 19.1 Å². The molecule has 0 aromatic heterocycles. The van der Waals surface area contributed by atoms with E-state index in [-0.39, 0.29) is 0 Å². The maximum Gasteiger partial charge on any atom is 0.313 e. The van der Waals surface area contributed by atoms with Gasteiger partial charge in [-0.15, -0.1) is 0 Å². The van der Waals surface area contributed by atoms with Crippen LogP contribution in [0.1, 0.15) is 5.56 Å². The van der Waals surface area contributed by atoms with Crippen LogP contribution < -0.4 is 20.1 Å². The van der Waals surface area contributed by atoms with E-state index < -0.39 is 11.8 Å². The number of methoxy groups -OCH3 is 2. The third-order valence-corrected chi connectivity index (χ3v) is 4.17. The molecule has 0 radical (unpaired) electrons. The Morgan fingerprint density at radius 3 is 2.40 bits per heavy atom. The summed E-state index contributed by atoms with van der Waals surface area (Å²) in [5.74, 6) is -0.128. The smallest absolute Gasteiger partial charge is 0.313 e. The first-order valence-corrected chi connectivity index (χ1v) is 8.39. The van der Waals surface area contributed by atoms with Gasteiger partial charge in [0.15, 0.2) is 11.5 Å². The van der Waals surface area contributed by atoms with Crippen LogP contribution in [0.25, 0.3) is 0 Å². The summed E-state index contributed by atoms with van der Waals surface area (Å²) in [5, 5.41) is 5.16. The average molecular weight is 407 g/mol. The van der Waals surface area contributed by atoms with Crippen molar-refractivity contribution in [2.24, 2.45) is 0 Å². The highest BCUT2D eigenvalue weighted by Crippen LogP contribution is 2.27. The lowest BCUT2D eigenvalue weighted by molar-refractivity contribution is -0.136. The predicted molar refractivity (Wildman–Crippen MR) is 99.0 cm³/mol. The van der Waals surface area contributed by atoms with Crippen LogP contribution in [0.2, 0.25) is 0 Å². The highest BCUT2D eigenvalue weighted by molar-refractivity contribution is 9.10. The second-order valence-corrected chi connectivity index (χ2v) is 5.98. The maximum absolute atomic E-state index is 11.9. The average Bonchev–Trinajstić information content (AvgIpc) is 2.63. The van der Waals surface area contributed by atoms with Crippen LogP contribution in [0.4, 0.5) is 5.69 Å². The third kappa shape index (κ3) is 5.22. The van der Waals surface area contributed by atoms with Gasteiger partial charge in [-0.25, -0.2) is 0 Å². The molecule has 2 amide bonds. The molecule has 0 aliphatic carbocycles. The minimum Gasteiger partial charge on any atom is -0.493 e. The van der Waals surface area contributed by atoms with Gasteiger partial charge in [0.1, 0.15) is 0 Å². The zero-order valence-corrected chi connectivity index (χ0v) is 15.6. The fourth-order valence-corrected chi connectivity index (χ4v) is 2.56. The standard InChI is InChI=1S/C18H19BrN2O4/c1-24-15-8-7-12(11-16(15)25-2)9-10-20-17(22)18(23)21-14-6-4-3-5-13(14)19/h3-8,11H,9-10H2,1-2H3,(H,20,22)(H,21,23). The van der Waals surface area contributed by atoms with Crippen molar-refractivity contribution >= 4 is 33.4 Å². The number of nitrogens with one attached hydrogen (secondary N) is 2. The molecule has 0 spiro atoms. The first kappa shape index (κ1) is 18.8. The summed E-state index contributed by atoms with van der Waals surface area (Å²) in [7, 11) is 3.14. The summed E-state index contributed by atoms with van der Waals surface area (Å²) in [5.41, 5.74) is 1.51. The second kappa shape index (κ2) is 9.08. The van der Waals surface area contributed by atoms with E-state index in [2.05, 4.69) is 26.6 Å². The Labute approximate surface area is 154 Å².